The summed E-state index contributed by atoms with van der Waals surface area (Å²) in [4.78, 5) is 26.1. The third kappa shape index (κ3) is 5.24. The van der Waals surface area contributed by atoms with E-state index in [1.807, 2.05) is 67.2 Å². The van der Waals surface area contributed by atoms with Crippen LogP contribution >= 0.6 is 11.6 Å². The van der Waals surface area contributed by atoms with Crippen LogP contribution in [0.2, 0.25) is 0 Å². The van der Waals surface area contributed by atoms with Crippen LogP contribution < -0.4 is 21.0 Å². The van der Waals surface area contributed by atoms with E-state index in [2.05, 4.69) is 25.9 Å². The van der Waals surface area contributed by atoms with Gasteiger partial charge in [0.05, 0.1) is 5.69 Å². The lowest BCUT2D eigenvalue weighted by Gasteiger charge is -2.40. The molecule has 32 heavy (non-hydrogen) atoms. The fraction of sp³-hybridized carbons (Fsp3) is 0.364. The number of nitrogens with one attached hydrogen (secondary N) is 3. The van der Waals surface area contributed by atoms with Gasteiger partial charge in [-0.2, -0.15) is 9.99 Å². The van der Waals surface area contributed by atoms with Crippen LogP contribution in [0.1, 0.15) is 20.8 Å². The zero-order chi connectivity index (χ0) is 22.7. The van der Waals surface area contributed by atoms with Crippen LogP contribution in [0.3, 0.4) is 0 Å². The Labute approximate surface area is 192 Å². The molecule has 168 valence electrons. The molecule has 1 fully saturated rings. The number of hydrazine groups is 1. The van der Waals surface area contributed by atoms with Gasteiger partial charge in [0.15, 0.2) is 5.65 Å². The van der Waals surface area contributed by atoms with Crippen LogP contribution in [-0.2, 0) is 0 Å². The number of halogens is 1. The minimum absolute atomic E-state index is 0.259. The van der Waals surface area contributed by atoms with Gasteiger partial charge in [-0.25, -0.2) is 19.8 Å². The van der Waals surface area contributed by atoms with Gasteiger partial charge in [0.2, 0.25) is 5.95 Å². The van der Waals surface area contributed by atoms with Gasteiger partial charge in [-0.3, -0.25) is 5.32 Å². The highest BCUT2D eigenvalue weighted by Gasteiger charge is 2.29. The Bertz CT molecular complexity index is 1090. The van der Waals surface area contributed by atoms with Crippen LogP contribution in [0.25, 0.3) is 11.0 Å². The maximum absolute atomic E-state index is 12.2. The van der Waals surface area contributed by atoms with Crippen LogP contribution in [0.15, 0.2) is 48.7 Å². The molecule has 2 aromatic heterocycles. The number of hydrogen-bond acceptors (Lipinski definition) is 7. The van der Waals surface area contributed by atoms with E-state index >= 15 is 0 Å². The Kier molecular flexibility index (Phi) is 6.40. The molecule has 1 saturated heterocycles. The summed E-state index contributed by atoms with van der Waals surface area (Å²) in [7, 11) is 0. The third-order valence-corrected chi connectivity index (χ3v) is 5.14. The number of carbonyl (C=O) groups is 1. The van der Waals surface area contributed by atoms with Crippen molar-refractivity contribution in [2.24, 2.45) is 0 Å². The van der Waals surface area contributed by atoms with E-state index in [1.165, 1.54) is 0 Å². The van der Waals surface area contributed by atoms with Gasteiger partial charge in [0, 0.05) is 36.8 Å². The highest BCUT2D eigenvalue weighted by atomic mass is 35.5. The lowest BCUT2D eigenvalue weighted by molar-refractivity contribution is 0.213. The van der Waals surface area contributed by atoms with E-state index in [-0.39, 0.29) is 17.1 Å². The smallest absolute Gasteiger partial charge is 0.320 e. The van der Waals surface area contributed by atoms with Gasteiger partial charge in [-0.05, 0) is 45.0 Å². The van der Waals surface area contributed by atoms with Crippen LogP contribution in [0, 0.1) is 0 Å². The summed E-state index contributed by atoms with van der Waals surface area (Å²) in [5, 5.41) is 13.6. The minimum Gasteiger partial charge on any atom is -0.333 e. The number of rotatable bonds is 4. The second-order valence-electron chi connectivity index (χ2n) is 8.56. The number of amides is 2. The zero-order valence-electron chi connectivity index (χ0n) is 18.3. The predicted octanol–water partition coefficient (Wildman–Crippen LogP) is 3.47. The van der Waals surface area contributed by atoms with Gasteiger partial charge >= 0.3 is 6.03 Å². The number of benzene rings is 1. The molecule has 1 aliphatic heterocycles. The van der Waals surface area contributed by atoms with E-state index < -0.39 is 0 Å². The van der Waals surface area contributed by atoms with Gasteiger partial charge in [-0.1, -0.05) is 18.2 Å². The number of carbonyl (C=O) groups excluding carboxylic acids is 1. The topological polar surface area (TPSA) is 98.3 Å². The Morgan fingerprint density at radius 2 is 1.97 bits per heavy atom. The standard InChI is InChI=1S/C22H27ClN8O/c1-22(2,3)29-21(32)27-18-10-9-15-13-25-20(28-19(15)26-18)31(16-7-5-4-6-8-16)30-12-11-24-14-17(30)23/h4-10,13,17,24H,11-12,14H2,1-3H3,(H2,25,26,27,28,29,32). The maximum Gasteiger partial charge on any atom is 0.320 e. The predicted molar refractivity (Wildman–Crippen MR) is 127 cm³/mol. The van der Waals surface area contributed by atoms with Crippen LogP contribution in [0.4, 0.5) is 22.2 Å². The highest BCUT2D eigenvalue weighted by Crippen LogP contribution is 2.28. The molecule has 4 rings (SSSR count). The third-order valence-electron chi connectivity index (χ3n) is 4.76. The largest absolute Gasteiger partial charge is 0.333 e. The van der Waals surface area contributed by atoms with Crippen molar-refractivity contribution in [1.29, 1.82) is 0 Å². The molecule has 1 unspecified atom stereocenters. The van der Waals surface area contributed by atoms with Crippen molar-refractivity contribution in [3.05, 3.63) is 48.7 Å². The molecule has 10 heteroatoms. The molecule has 1 aliphatic rings. The summed E-state index contributed by atoms with van der Waals surface area (Å²) in [6.07, 6.45) is 1.73. The second kappa shape index (κ2) is 9.23. The highest BCUT2D eigenvalue weighted by molar-refractivity contribution is 6.20. The van der Waals surface area contributed by atoms with Crippen LogP contribution in [0.5, 0.6) is 0 Å². The SMILES string of the molecule is CC(C)(C)NC(=O)Nc1ccc2cnc(N(c3ccccc3)N3CCNCC3Cl)nc2n1. The average Bonchev–Trinajstić information content (AvgIpc) is 2.74. The number of alkyl halides is 1. The number of nitrogens with zero attached hydrogens (tertiary/aromatic N) is 5. The van der Waals surface area contributed by atoms with E-state index in [4.69, 9.17) is 16.6 Å². The van der Waals surface area contributed by atoms with Gasteiger partial charge in [0.25, 0.3) is 0 Å². The first kappa shape index (κ1) is 22.2. The molecule has 1 aromatic carbocycles. The number of hydrogen-bond donors (Lipinski definition) is 3. The Hall–Kier alpha value is -3.01. The fourth-order valence-electron chi connectivity index (χ4n) is 3.39. The molecule has 3 N–H and O–H groups in total. The number of fused-ring (bicyclic) bond motifs is 1. The Morgan fingerprint density at radius 3 is 2.69 bits per heavy atom. The van der Waals surface area contributed by atoms with Crippen LogP contribution in [-0.4, -0.2) is 56.7 Å². The molecule has 2 amide bonds. The molecule has 3 aromatic rings. The molecule has 1 atom stereocenters. The molecule has 0 spiro atoms. The zero-order valence-corrected chi connectivity index (χ0v) is 19.1. The lowest BCUT2D eigenvalue weighted by atomic mass is 10.1. The number of aromatic nitrogens is 3. The van der Waals surface area contributed by atoms with Crippen molar-refractivity contribution in [2.75, 3.05) is 30.0 Å². The summed E-state index contributed by atoms with van der Waals surface area (Å²) in [5.41, 5.74) is 0.766. The number of piperazine rings is 1. The number of anilines is 3. The molecule has 0 bridgehead atoms. The number of para-hydroxylation sites is 1. The first-order valence-electron chi connectivity index (χ1n) is 10.5. The summed E-state index contributed by atoms with van der Waals surface area (Å²) < 4.78 is 0. The minimum atomic E-state index is -0.353. The molecule has 0 saturated carbocycles. The molecule has 9 nitrogen and oxygen atoms in total. The van der Waals surface area contributed by atoms with Crippen molar-refractivity contribution >= 4 is 46.1 Å². The summed E-state index contributed by atoms with van der Waals surface area (Å²) in [6.45, 7) is 7.89. The molecule has 3 heterocycles. The monoisotopic (exact) mass is 454 g/mol. The quantitative estimate of drug-likeness (QED) is 0.410. The molecule has 0 aliphatic carbocycles. The number of urea groups is 1. The van der Waals surface area contributed by atoms with E-state index in [9.17, 15) is 4.79 Å². The molecule has 0 radical (unpaired) electrons. The fourth-order valence-corrected chi connectivity index (χ4v) is 3.69. The van der Waals surface area contributed by atoms with E-state index in [0.717, 1.165) is 17.6 Å². The van der Waals surface area contributed by atoms with Gasteiger partial charge < -0.3 is 10.6 Å². The average molecular weight is 455 g/mol. The maximum atomic E-state index is 12.2. The summed E-state index contributed by atoms with van der Waals surface area (Å²) in [6, 6.07) is 13.1. The summed E-state index contributed by atoms with van der Waals surface area (Å²) >= 11 is 6.63. The van der Waals surface area contributed by atoms with Gasteiger partial charge in [-0.15, -0.1) is 11.6 Å². The molecular weight excluding hydrogens is 428 g/mol. The first-order valence-corrected chi connectivity index (χ1v) is 10.9. The van der Waals surface area contributed by atoms with Crippen molar-refractivity contribution in [2.45, 2.75) is 31.8 Å². The van der Waals surface area contributed by atoms with Crippen molar-refractivity contribution in [3.8, 4) is 0 Å². The van der Waals surface area contributed by atoms with Crippen molar-refractivity contribution < 1.29 is 4.79 Å². The second-order valence-corrected chi connectivity index (χ2v) is 9.06. The Balaban J connectivity index is 1.68. The first-order chi connectivity index (χ1) is 15.3. The van der Waals surface area contributed by atoms with Crippen molar-refractivity contribution in [3.63, 3.8) is 0 Å². The summed E-state index contributed by atoms with van der Waals surface area (Å²) in [5.74, 6) is 0.868. The normalized spacial score (nSPS) is 17.2. The Morgan fingerprint density at radius 1 is 1.19 bits per heavy atom. The van der Waals surface area contributed by atoms with E-state index in [0.29, 0.717) is 30.5 Å². The van der Waals surface area contributed by atoms with E-state index in [1.54, 1.807) is 12.3 Å². The lowest BCUT2D eigenvalue weighted by Crippen LogP contribution is -2.55. The van der Waals surface area contributed by atoms with Crippen molar-refractivity contribution in [1.82, 2.24) is 30.6 Å². The molecular formula is C22H27ClN8O. The number of pyridine rings is 1. The van der Waals surface area contributed by atoms with Gasteiger partial charge in [0.1, 0.15) is 11.3 Å².